The van der Waals surface area contributed by atoms with E-state index in [2.05, 4.69) is 36.5 Å². The van der Waals surface area contributed by atoms with Gasteiger partial charge in [-0.05, 0) is 55.2 Å². The Balaban J connectivity index is 1.90. The van der Waals surface area contributed by atoms with Gasteiger partial charge < -0.3 is 10.4 Å². The van der Waals surface area contributed by atoms with Crippen LogP contribution in [0.1, 0.15) is 30.9 Å². The fourth-order valence-electron chi connectivity index (χ4n) is 3.89. The Kier molecular flexibility index (Phi) is 3.16. The van der Waals surface area contributed by atoms with Crippen molar-refractivity contribution in [1.29, 1.82) is 0 Å². The molecule has 0 spiro atoms. The second kappa shape index (κ2) is 4.67. The van der Waals surface area contributed by atoms with Gasteiger partial charge in [0, 0.05) is 6.54 Å². The molecule has 1 saturated carbocycles. The summed E-state index contributed by atoms with van der Waals surface area (Å²) in [6.45, 7) is 3.80. The summed E-state index contributed by atoms with van der Waals surface area (Å²) in [5.74, 6) is 0.871. The van der Waals surface area contributed by atoms with Gasteiger partial charge in [0.1, 0.15) is 0 Å². The molecule has 0 heterocycles. The van der Waals surface area contributed by atoms with Crippen molar-refractivity contribution in [2.45, 2.75) is 38.2 Å². The number of likely N-dealkylation sites (N-methyl/N-ethyl adjacent to an activating group) is 1. The molecule has 2 bridgehead atoms. The number of aliphatic hydroxyl groups is 1. The molecule has 3 rings (SSSR count). The van der Waals surface area contributed by atoms with Crippen LogP contribution in [0.25, 0.3) is 0 Å². The molecule has 2 atom stereocenters. The van der Waals surface area contributed by atoms with E-state index < -0.39 is 5.60 Å². The van der Waals surface area contributed by atoms with Crippen LogP contribution in [0.15, 0.2) is 24.3 Å². The van der Waals surface area contributed by atoms with E-state index in [1.165, 1.54) is 24.0 Å². The normalized spacial score (nSPS) is 34.1. The van der Waals surface area contributed by atoms with Crippen LogP contribution in [0.2, 0.25) is 0 Å². The number of rotatable bonds is 3. The molecule has 98 valence electrons. The van der Waals surface area contributed by atoms with Crippen molar-refractivity contribution in [3.05, 3.63) is 35.4 Å². The fourth-order valence-corrected chi connectivity index (χ4v) is 3.89. The molecule has 0 aromatic heterocycles. The molecule has 2 N–H and O–H groups in total. The average Bonchev–Trinajstić information content (AvgIpc) is 2.59. The Morgan fingerprint density at radius 1 is 1.17 bits per heavy atom. The molecule has 1 aromatic rings. The Bertz CT molecular complexity index is 396. The zero-order valence-corrected chi connectivity index (χ0v) is 11.2. The minimum atomic E-state index is -0.491. The van der Waals surface area contributed by atoms with Gasteiger partial charge in [0.25, 0.3) is 0 Å². The third-order valence-electron chi connectivity index (χ3n) is 4.99. The molecular formula is C16H23NO. The summed E-state index contributed by atoms with van der Waals surface area (Å²) in [5.41, 5.74) is 2.42. The molecule has 2 heteroatoms. The predicted molar refractivity (Wildman–Crippen MR) is 73.6 cm³/mol. The standard InChI is InChI=1S/C16H23NO/c1-2-17-11-16(18)14-7-8-15(16)10-13-6-4-3-5-12(13)9-14/h3-6,14-15,17-18H,2,7-11H2,1H3. The lowest BCUT2D eigenvalue weighted by Gasteiger charge is -2.34. The maximum Gasteiger partial charge on any atom is 0.0833 e. The molecule has 0 aliphatic heterocycles. The first-order chi connectivity index (χ1) is 8.74. The van der Waals surface area contributed by atoms with E-state index in [4.69, 9.17) is 0 Å². The third kappa shape index (κ3) is 1.88. The number of nitrogens with one attached hydrogen (secondary N) is 1. The van der Waals surface area contributed by atoms with Crippen LogP contribution < -0.4 is 5.32 Å². The highest BCUT2D eigenvalue weighted by Crippen LogP contribution is 2.46. The lowest BCUT2D eigenvalue weighted by Crippen LogP contribution is -2.48. The maximum atomic E-state index is 11.1. The minimum absolute atomic E-state index is 0.435. The monoisotopic (exact) mass is 245 g/mol. The highest BCUT2D eigenvalue weighted by molar-refractivity contribution is 5.31. The maximum absolute atomic E-state index is 11.1. The molecule has 1 fully saturated rings. The summed E-state index contributed by atoms with van der Waals surface area (Å²) in [6, 6.07) is 8.73. The number of hydrogen-bond acceptors (Lipinski definition) is 2. The van der Waals surface area contributed by atoms with Crippen LogP contribution in [0.4, 0.5) is 0 Å². The van der Waals surface area contributed by atoms with Gasteiger partial charge in [0.2, 0.25) is 0 Å². The van der Waals surface area contributed by atoms with E-state index >= 15 is 0 Å². The number of benzene rings is 1. The Hall–Kier alpha value is -0.860. The van der Waals surface area contributed by atoms with E-state index in [9.17, 15) is 5.11 Å². The molecule has 2 unspecified atom stereocenters. The Labute approximate surface area is 109 Å². The van der Waals surface area contributed by atoms with Gasteiger partial charge in [-0.2, -0.15) is 0 Å². The van der Waals surface area contributed by atoms with Crippen LogP contribution >= 0.6 is 0 Å². The van der Waals surface area contributed by atoms with E-state index in [1.807, 2.05) is 0 Å². The van der Waals surface area contributed by atoms with E-state index in [0.717, 1.165) is 25.9 Å². The SMILES string of the molecule is CCNCC1(O)C2CCC1Cc1ccccc1C2. The summed E-state index contributed by atoms with van der Waals surface area (Å²) in [4.78, 5) is 0. The van der Waals surface area contributed by atoms with Crippen LogP contribution in [-0.2, 0) is 12.8 Å². The smallest absolute Gasteiger partial charge is 0.0833 e. The van der Waals surface area contributed by atoms with Crippen LogP contribution in [0.5, 0.6) is 0 Å². The molecule has 0 saturated heterocycles. The summed E-state index contributed by atoms with van der Waals surface area (Å²) in [7, 11) is 0. The van der Waals surface area contributed by atoms with Gasteiger partial charge >= 0.3 is 0 Å². The van der Waals surface area contributed by atoms with Gasteiger partial charge in [0.15, 0.2) is 0 Å². The van der Waals surface area contributed by atoms with Crippen molar-refractivity contribution < 1.29 is 5.11 Å². The van der Waals surface area contributed by atoms with Crippen molar-refractivity contribution in [3.63, 3.8) is 0 Å². The third-order valence-corrected chi connectivity index (χ3v) is 4.99. The van der Waals surface area contributed by atoms with Crippen molar-refractivity contribution in [2.75, 3.05) is 13.1 Å². The number of fused-ring (bicyclic) bond motifs is 3. The van der Waals surface area contributed by atoms with Crippen molar-refractivity contribution in [3.8, 4) is 0 Å². The van der Waals surface area contributed by atoms with Gasteiger partial charge in [-0.1, -0.05) is 31.2 Å². The first-order valence-electron chi connectivity index (χ1n) is 7.24. The van der Waals surface area contributed by atoms with E-state index in [1.54, 1.807) is 0 Å². The highest BCUT2D eigenvalue weighted by atomic mass is 16.3. The summed E-state index contributed by atoms with van der Waals surface area (Å²) >= 11 is 0. The van der Waals surface area contributed by atoms with Crippen LogP contribution in [-0.4, -0.2) is 23.8 Å². The highest BCUT2D eigenvalue weighted by Gasteiger charge is 2.49. The molecule has 2 aliphatic carbocycles. The van der Waals surface area contributed by atoms with Gasteiger partial charge in [-0.25, -0.2) is 0 Å². The first kappa shape index (κ1) is 12.2. The predicted octanol–water partition coefficient (Wildman–Crippen LogP) is 2.15. The fraction of sp³-hybridized carbons (Fsp3) is 0.625. The lowest BCUT2D eigenvalue weighted by molar-refractivity contribution is -0.0315. The summed E-state index contributed by atoms with van der Waals surface area (Å²) in [6.07, 6.45) is 4.46. The summed E-state index contributed by atoms with van der Waals surface area (Å²) < 4.78 is 0. The minimum Gasteiger partial charge on any atom is -0.388 e. The van der Waals surface area contributed by atoms with Crippen molar-refractivity contribution in [2.24, 2.45) is 11.8 Å². The van der Waals surface area contributed by atoms with Crippen molar-refractivity contribution >= 4 is 0 Å². The first-order valence-corrected chi connectivity index (χ1v) is 7.24. The van der Waals surface area contributed by atoms with Gasteiger partial charge in [-0.15, -0.1) is 0 Å². The second-order valence-electron chi connectivity index (χ2n) is 5.92. The molecule has 2 nitrogen and oxygen atoms in total. The second-order valence-corrected chi connectivity index (χ2v) is 5.92. The molecular weight excluding hydrogens is 222 g/mol. The topological polar surface area (TPSA) is 32.3 Å². The number of hydrogen-bond donors (Lipinski definition) is 2. The molecule has 1 aromatic carbocycles. The van der Waals surface area contributed by atoms with Gasteiger partial charge in [-0.3, -0.25) is 0 Å². The lowest BCUT2D eigenvalue weighted by atomic mass is 9.82. The molecule has 0 amide bonds. The largest absolute Gasteiger partial charge is 0.388 e. The Morgan fingerprint density at radius 3 is 2.22 bits per heavy atom. The molecule has 2 aliphatic rings. The average molecular weight is 245 g/mol. The zero-order chi connectivity index (χ0) is 12.6. The van der Waals surface area contributed by atoms with Gasteiger partial charge in [0.05, 0.1) is 5.60 Å². The molecule has 0 radical (unpaired) electrons. The van der Waals surface area contributed by atoms with E-state index in [-0.39, 0.29) is 0 Å². The van der Waals surface area contributed by atoms with E-state index in [0.29, 0.717) is 11.8 Å². The quantitative estimate of drug-likeness (QED) is 0.855. The molecule has 18 heavy (non-hydrogen) atoms. The Morgan fingerprint density at radius 2 is 1.72 bits per heavy atom. The van der Waals surface area contributed by atoms with Crippen LogP contribution in [0, 0.1) is 11.8 Å². The van der Waals surface area contributed by atoms with Crippen LogP contribution in [0.3, 0.4) is 0 Å². The zero-order valence-electron chi connectivity index (χ0n) is 11.2. The summed E-state index contributed by atoms with van der Waals surface area (Å²) in [5, 5.41) is 14.5. The van der Waals surface area contributed by atoms with Crippen molar-refractivity contribution in [1.82, 2.24) is 5.32 Å².